The molecule has 1 aliphatic carbocycles. The Hall–Kier alpha value is -0.930. The van der Waals surface area contributed by atoms with Crippen LogP contribution in [-0.2, 0) is 4.79 Å². The van der Waals surface area contributed by atoms with Crippen LogP contribution in [0.2, 0.25) is 0 Å². The molecular formula is C15H24O3. The Labute approximate surface area is 109 Å². The average molecular weight is 252 g/mol. The molecule has 0 spiro atoms. The number of ketones is 1. The number of allylic oxidation sites excluding steroid dienone is 3. The van der Waals surface area contributed by atoms with Crippen LogP contribution in [0.4, 0.5) is 0 Å². The highest BCUT2D eigenvalue weighted by molar-refractivity contribution is 6.04. The quantitative estimate of drug-likeness (QED) is 0.714. The second-order valence-electron chi connectivity index (χ2n) is 5.37. The minimum Gasteiger partial charge on any atom is -0.393 e. The molecule has 0 aliphatic heterocycles. The van der Waals surface area contributed by atoms with Gasteiger partial charge in [-0.15, -0.1) is 0 Å². The molecule has 0 amide bonds. The zero-order chi connectivity index (χ0) is 13.8. The number of carbonyl (C=O) groups is 1. The molecule has 2 unspecified atom stereocenters. The number of aliphatic hydroxyl groups is 2. The van der Waals surface area contributed by atoms with E-state index in [4.69, 9.17) is 0 Å². The van der Waals surface area contributed by atoms with Crippen LogP contribution in [0.3, 0.4) is 0 Å². The minimum atomic E-state index is -0.403. The molecule has 0 radical (unpaired) electrons. The first kappa shape index (κ1) is 15.1. The fourth-order valence-corrected chi connectivity index (χ4v) is 2.53. The van der Waals surface area contributed by atoms with E-state index >= 15 is 0 Å². The number of carbonyl (C=O) groups excluding carboxylic acids is 1. The summed E-state index contributed by atoms with van der Waals surface area (Å²) in [5.74, 6) is -0.0393. The molecule has 2 N–H and O–H groups in total. The molecule has 0 bridgehead atoms. The average Bonchev–Trinajstić information content (AvgIpc) is 2.34. The highest BCUT2D eigenvalue weighted by atomic mass is 16.3. The maximum atomic E-state index is 11.5. The molecule has 0 aromatic rings. The molecule has 0 aromatic heterocycles. The van der Waals surface area contributed by atoms with Crippen LogP contribution in [0.15, 0.2) is 24.3 Å². The maximum Gasteiger partial charge on any atom is 0.180 e. The molecule has 18 heavy (non-hydrogen) atoms. The van der Waals surface area contributed by atoms with Crippen molar-refractivity contribution in [2.24, 2.45) is 5.41 Å². The summed E-state index contributed by atoms with van der Waals surface area (Å²) < 4.78 is 0. The summed E-state index contributed by atoms with van der Waals surface area (Å²) in [5, 5.41) is 19.8. The van der Waals surface area contributed by atoms with E-state index in [9.17, 15) is 15.0 Å². The summed E-state index contributed by atoms with van der Waals surface area (Å²) in [5.41, 5.74) is 0.250. The minimum absolute atomic E-state index is 0.0393. The molecular weight excluding hydrogens is 228 g/mol. The molecule has 1 rings (SSSR count). The summed E-state index contributed by atoms with van der Waals surface area (Å²) >= 11 is 0. The van der Waals surface area contributed by atoms with Gasteiger partial charge in [0, 0.05) is 0 Å². The molecule has 0 fully saturated rings. The molecule has 0 aromatic carbocycles. The Balaban J connectivity index is 2.91. The van der Waals surface area contributed by atoms with Gasteiger partial charge in [0.05, 0.1) is 12.2 Å². The van der Waals surface area contributed by atoms with Crippen molar-refractivity contribution in [3.05, 3.63) is 24.3 Å². The van der Waals surface area contributed by atoms with E-state index in [0.29, 0.717) is 37.7 Å². The lowest BCUT2D eigenvalue weighted by atomic mass is 9.69. The van der Waals surface area contributed by atoms with Crippen molar-refractivity contribution in [3.8, 4) is 0 Å². The summed E-state index contributed by atoms with van der Waals surface area (Å²) in [4.78, 5) is 11.5. The molecule has 3 heteroatoms. The van der Waals surface area contributed by atoms with Gasteiger partial charge in [-0.3, -0.25) is 4.79 Å². The first-order valence-corrected chi connectivity index (χ1v) is 6.70. The van der Waals surface area contributed by atoms with Crippen molar-refractivity contribution < 1.29 is 15.0 Å². The normalized spacial score (nSPS) is 27.3. The van der Waals surface area contributed by atoms with E-state index in [-0.39, 0.29) is 11.2 Å². The second kappa shape index (κ2) is 6.30. The van der Waals surface area contributed by atoms with Gasteiger partial charge in [-0.1, -0.05) is 26.5 Å². The lowest BCUT2D eigenvalue weighted by molar-refractivity contribution is -0.112. The van der Waals surface area contributed by atoms with Gasteiger partial charge in [0.2, 0.25) is 0 Å². The fourth-order valence-electron chi connectivity index (χ4n) is 2.53. The topological polar surface area (TPSA) is 57.5 Å². The highest BCUT2D eigenvalue weighted by Gasteiger charge is 2.35. The van der Waals surface area contributed by atoms with Gasteiger partial charge in [0.15, 0.2) is 5.78 Å². The first-order valence-electron chi connectivity index (χ1n) is 6.70. The first-order chi connectivity index (χ1) is 8.42. The van der Waals surface area contributed by atoms with Gasteiger partial charge in [0.1, 0.15) is 0 Å². The Morgan fingerprint density at radius 1 is 1.28 bits per heavy atom. The van der Waals surface area contributed by atoms with Crippen molar-refractivity contribution in [2.45, 2.75) is 58.2 Å². The zero-order valence-corrected chi connectivity index (χ0v) is 11.4. The largest absolute Gasteiger partial charge is 0.393 e. The molecule has 102 valence electrons. The summed E-state index contributed by atoms with van der Waals surface area (Å²) in [6.45, 7) is 7.66. The molecule has 0 heterocycles. The Morgan fingerprint density at radius 2 is 1.78 bits per heavy atom. The summed E-state index contributed by atoms with van der Waals surface area (Å²) in [6.07, 6.45) is 5.64. The van der Waals surface area contributed by atoms with Crippen LogP contribution in [0, 0.1) is 5.41 Å². The van der Waals surface area contributed by atoms with Crippen LogP contribution >= 0.6 is 0 Å². The summed E-state index contributed by atoms with van der Waals surface area (Å²) in [7, 11) is 0. The van der Waals surface area contributed by atoms with Crippen LogP contribution < -0.4 is 0 Å². The Morgan fingerprint density at radius 3 is 2.17 bits per heavy atom. The third-order valence-corrected chi connectivity index (χ3v) is 3.73. The molecule has 0 saturated carbocycles. The third-order valence-electron chi connectivity index (χ3n) is 3.73. The number of hydrogen-bond acceptors (Lipinski definition) is 3. The van der Waals surface area contributed by atoms with Crippen molar-refractivity contribution in [1.82, 2.24) is 0 Å². The maximum absolute atomic E-state index is 11.5. The standard InChI is InChI=1S/C15H24O3/c1-4-12(16)9-15(10-13(17)5-2)7-6-14(18)11(3)8-15/h6-7,12-13,16-17H,3-5,8-10H2,1-2H3. The molecule has 3 nitrogen and oxygen atoms in total. The second-order valence-corrected chi connectivity index (χ2v) is 5.37. The van der Waals surface area contributed by atoms with Crippen LogP contribution in [0.1, 0.15) is 46.0 Å². The van der Waals surface area contributed by atoms with E-state index in [2.05, 4.69) is 6.58 Å². The van der Waals surface area contributed by atoms with Gasteiger partial charge in [-0.2, -0.15) is 0 Å². The van der Waals surface area contributed by atoms with E-state index in [0.717, 1.165) is 0 Å². The predicted octanol–water partition coefficient (Wildman–Crippen LogP) is 2.38. The predicted molar refractivity (Wildman–Crippen MR) is 72.2 cm³/mol. The van der Waals surface area contributed by atoms with Gasteiger partial charge < -0.3 is 10.2 Å². The zero-order valence-electron chi connectivity index (χ0n) is 11.4. The molecule has 1 aliphatic rings. The fraction of sp³-hybridized carbons (Fsp3) is 0.667. The lowest BCUT2D eigenvalue weighted by Gasteiger charge is -2.36. The van der Waals surface area contributed by atoms with Gasteiger partial charge in [-0.05, 0) is 49.2 Å². The monoisotopic (exact) mass is 252 g/mol. The van der Waals surface area contributed by atoms with Gasteiger partial charge in [0.25, 0.3) is 0 Å². The van der Waals surface area contributed by atoms with E-state index in [1.165, 1.54) is 6.08 Å². The van der Waals surface area contributed by atoms with Gasteiger partial charge in [-0.25, -0.2) is 0 Å². The number of aliphatic hydroxyl groups excluding tert-OH is 2. The molecule has 0 saturated heterocycles. The van der Waals surface area contributed by atoms with Crippen molar-refractivity contribution in [2.75, 3.05) is 0 Å². The van der Waals surface area contributed by atoms with Crippen LogP contribution in [0.5, 0.6) is 0 Å². The van der Waals surface area contributed by atoms with Gasteiger partial charge >= 0.3 is 0 Å². The number of rotatable bonds is 6. The lowest BCUT2D eigenvalue weighted by Crippen LogP contribution is -2.32. The van der Waals surface area contributed by atoms with E-state index in [1.54, 1.807) is 0 Å². The van der Waals surface area contributed by atoms with Crippen molar-refractivity contribution in [3.63, 3.8) is 0 Å². The van der Waals surface area contributed by atoms with Crippen molar-refractivity contribution in [1.29, 1.82) is 0 Å². The SMILES string of the molecule is C=C1CC(CC(O)CC)(CC(O)CC)C=CC1=O. The Kier molecular flexibility index (Phi) is 5.29. The molecule has 2 atom stereocenters. The van der Waals surface area contributed by atoms with E-state index < -0.39 is 12.2 Å². The van der Waals surface area contributed by atoms with Crippen molar-refractivity contribution >= 4 is 5.78 Å². The van der Waals surface area contributed by atoms with Crippen LogP contribution in [-0.4, -0.2) is 28.2 Å². The number of hydrogen-bond donors (Lipinski definition) is 2. The third kappa shape index (κ3) is 3.79. The highest BCUT2D eigenvalue weighted by Crippen LogP contribution is 2.41. The summed E-state index contributed by atoms with van der Waals surface area (Å²) in [6, 6.07) is 0. The van der Waals surface area contributed by atoms with Crippen LogP contribution in [0.25, 0.3) is 0 Å². The smallest absolute Gasteiger partial charge is 0.180 e. The van der Waals surface area contributed by atoms with E-state index in [1.807, 2.05) is 19.9 Å². The Bertz CT molecular complexity index is 332.